The Balaban J connectivity index is 1.83. The van der Waals surface area contributed by atoms with Crippen LogP contribution in [0.2, 0.25) is 0 Å². The molecule has 3 aromatic carbocycles. The Morgan fingerprint density at radius 1 is 0.946 bits per heavy atom. The Kier molecular flexibility index (Phi) is 7.15. The van der Waals surface area contributed by atoms with Crippen molar-refractivity contribution in [1.82, 2.24) is 4.90 Å². The predicted molar refractivity (Wildman–Crippen MR) is 133 cm³/mol. The van der Waals surface area contributed by atoms with E-state index >= 15 is 0 Å². The van der Waals surface area contributed by atoms with E-state index in [-0.39, 0.29) is 29.2 Å². The lowest BCUT2D eigenvalue weighted by molar-refractivity contribution is -0.140. The van der Waals surface area contributed by atoms with Crippen molar-refractivity contribution >= 4 is 23.4 Å². The lowest BCUT2D eigenvalue weighted by Gasteiger charge is -2.25. The van der Waals surface area contributed by atoms with Crippen LogP contribution in [-0.2, 0) is 20.9 Å². The van der Waals surface area contributed by atoms with Gasteiger partial charge >= 0.3 is 5.97 Å². The molecule has 1 fully saturated rings. The van der Waals surface area contributed by atoms with Crippen LogP contribution in [0, 0.1) is 0 Å². The number of benzene rings is 3. The number of nitrogens with zero attached hydrogens (tertiary/aromatic N) is 1. The van der Waals surface area contributed by atoms with E-state index in [1.165, 1.54) is 44.4 Å². The molecule has 0 aromatic heterocycles. The molecule has 4 rings (SSSR count). The topological polar surface area (TPSA) is 123 Å². The molecular formula is C28H25NO8. The highest BCUT2D eigenvalue weighted by molar-refractivity contribution is 6.46. The SMILES string of the molecule is COC(=O)c1ccc(CN2C(=O)C(=O)/C(=C(\O)c3ccc(OC)cc3OC)C2c2cccc(O)c2)cc1. The Hall–Kier alpha value is -4.79. The van der Waals surface area contributed by atoms with Gasteiger partial charge in [0.25, 0.3) is 11.7 Å². The summed E-state index contributed by atoms with van der Waals surface area (Å²) >= 11 is 0. The molecule has 190 valence electrons. The summed E-state index contributed by atoms with van der Waals surface area (Å²) in [7, 11) is 4.18. The average molecular weight is 504 g/mol. The standard InChI is InChI=1S/C28H25NO8/c1-35-20-11-12-21(22(14-20)36-2)25(31)23-24(18-5-4-6-19(30)13-18)29(27(33)26(23)32)15-16-7-9-17(10-8-16)28(34)37-3/h4-14,24,30-31H,15H2,1-3H3/b25-23-. The molecule has 1 aliphatic rings. The molecule has 1 saturated heterocycles. The minimum absolute atomic E-state index is 0.00285. The molecule has 3 aromatic rings. The van der Waals surface area contributed by atoms with E-state index in [4.69, 9.17) is 14.2 Å². The summed E-state index contributed by atoms with van der Waals surface area (Å²) in [6.45, 7) is 0.00285. The third-order valence-corrected chi connectivity index (χ3v) is 6.12. The second-order valence-corrected chi connectivity index (χ2v) is 8.28. The quantitative estimate of drug-likeness (QED) is 0.216. The molecule has 0 bridgehead atoms. The molecule has 0 saturated carbocycles. The van der Waals surface area contributed by atoms with Crippen LogP contribution in [0.3, 0.4) is 0 Å². The summed E-state index contributed by atoms with van der Waals surface area (Å²) in [4.78, 5) is 39.6. The molecule has 1 amide bonds. The van der Waals surface area contributed by atoms with Crippen LogP contribution in [0.15, 0.2) is 72.3 Å². The largest absolute Gasteiger partial charge is 0.508 e. The lowest BCUT2D eigenvalue weighted by Crippen LogP contribution is -2.29. The number of rotatable bonds is 7. The van der Waals surface area contributed by atoms with Crippen LogP contribution >= 0.6 is 0 Å². The van der Waals surface area contributed by atoms with E-state index in [1.807, 2.05) is 0 Å². The zero-order valence-electron chi connectivity index (χ0n) is 20.4. The Bertz CT molecular complexity index is 1390. The summed E-state index contributed by atoms with van der Waals surface area (Å²) in [5, 5.41) is 21.5. The highest BCUT2D eigenvalue weighted by atomic mass is 16.5. The first-order valence-electron chi connectivity index (χ1n) is 11.3. The van der Waals surface area contributed by atoms with Crippen LogP contribution in [0.25, 0.3) is 5.76 Å². The first-order chi connectivity index (χ1) is 17.8. The molecule has 1 unspecified atom stereocenters. The summed E-state index contributed by atoms with van der Waals surface area (Å²) in [6, 6.07) is 16.2. The van der Waals surface area contributed by atoms with Gasteiger partial charge in [-0.25, -0.2) is 4.79 Å². The number of aliphatic hydroxyl groups excluding tert-OH is 1. The number of hydrogen-bond donors (Lipinski definition) is 2. The Morgan fingerprint density at radius 3 is 2.30 bits per heavy atom. The van der Waals surface area contributed by atoms with E-state index in [2.05, 4.69) is 0 Å². The van der Waals surface area contributed by atoms with E-state index in [0.29, 0.717) is 22.4 Å². The number of ether oxygens (including phenoxy) is 3. The van der Waals surface area contributed by atoms with Crippen molar-refractivity contribution < 1.29 is 38.8 Å². The van der Waals surface area contributed by atoms with E-state index in [9.17, 15) is 24.6 Å². The normalized spacial score (nSPS) is 16.5. The highest BCUT2D eigenvalue weighted by Crippen LogP contribution is 2.42. The smallest absolute Gasteiger partial charge is 0.337 e. The van der Waals surface area contributed by atoms with Gasteiger partial charge in [-0.15, -0.1) is 0 Å². The van der Waals surface area contributed by atoms with Crippen molar-refractivity contribution in [2.45, 2.75) is 12.6 Å². The first-order valence-corrected chi connectivity index (χ1v) is 11.3. The molecule has 1 atom stereocenters. The molecule has 0 aliphatic carbocycles. The molecule has 1 heterocycles. The number of phenols is 1. The van der Waals surface area contributed by atoms with Gasteiger partial charge in [0, 0.05) is 12.6 Å². The summed E-state index contributed by atoms with van der Waals surface area (Å²) in [6.07, 6.45) is 0. The van der Waals surface area contributed by atoms with Crippen LogP contribution in [0.4, 0.5) is 0 Å². The van der Waals surface area contributed by atoms with Crippen LogP contribution in [0.1, 0.15) is 33.1 Å². The molecular weight excluding hydrogens is 478 g/mol. The number of esters is 1. The molecule has 9 heteroatoms. The predicted octanol–water partition coefficient (Wildman–Crippen LogP) is 3.82. The van der Waals surface area contributed by atoms with E-state index in [1.54, 1.807) is 48.5 Å². The first kappa shape index (κ1) is 25.3. The van der Waals surface area contributed by atoms with Crippen molar-refractivity contribution in [3.05, 3.63) is 94.6 Å². The van der Waals surface area contributed by atoms with Crippen molar-refractivity contribution in [3.8, 4) is 17.2 Å². The third-order valence-electron chi connectivity index (χ3n) is 6.12. The Morgan fingerprint density at radius 2 is 1.68 bits per heavy atom. The number of likely N-dealkylation sites (tertiary alicyclic amines) is 1. The number of Topliss-reactive ketones (excluding diaryl/α,β-unsaturated/α-hetero) is 1. The van der Waals surface area contributed by atoms with Gasteiger partial charge in [-0.3, -0.25) is 9.59 Å². The van der Waals surface area contributed by atoms with E-state index in [0.717, 1.165) is 0 Å². The minimum Gasteiger partial charge on any atom is -0.508 e. The maximum absolute atomic E-state index is 13.3. The van der Waals surface area contributed by atoms with Gasteiger partial charge in [-0.1, -0.05) is 24.3 Å². The van der Waals surface area contributed by atoms with Crippen LogP contribution in [0.5, 0.6) is 17.2 Å². The zero-order chi connectivity index (χ0) is 26.7. The number of hydrogen-bond acceptors (Lipinski definition) is 8. The summed E-state index contributed by atoms with van der Waals surface area (Å²) < 4.78 is 15.3. The fourth-order valence-electron chi connectivity index (χ4n) is 4.28. The van der Waals surface area contributed by atoms with Gasteiger partial charge in [0.15, 0.2) is 0 Å². The highest BCUT2D eigenvalue weighted by Gasteiger charge is 2.46. The number of methoxy groups -OCH3 is 3. The second-order valence-electron chi connectivity index (χ2n) is 8.28. The maximum Gasteiger partial charge on any atom is 0.337 e. The van der Waals surface area contributed by atoms with E-state index < -0.39 is 29.5 Å². The van der Waals surface area contributed by atoms with Gasteiger partial charge in [0.1, 0.15) is 23.0 Å². The zero-order valence-corrected chi connectivity index (χ0v) is 20.4. The molecule has 1 aliphatic heterocycles. The number of carbonyl (C=O) groups is 3. The monoisotopic (exact) mass is 503 g/mol. The minimum atomic E-state index is -1.00. The van der Waals surface area contributed by atoms with Crippen molar-refractivity contribution in [2.24, 2.45) is 0 Å². The number of phenolic OH excluding ortho intramolecular Hbond substituents is 1. The third kappa shape index (κ3) is 4.84. The number of aliphatic hydroxyl groups is 1. The van der Waals surface area contributed by atoms with Crippen LogP contribution < -0.4 is 9.47 Å². The van der Waals surface area contributed by atoms with Gasteiger partial charge in [0.2, 0.25) is 0 Å². The molecule has 0 radical (unpaired) electrons. The number of ketones is 1. The van der Waals surface area contributed by atoms with Gasteiger partial charge < -0.3 is 29.3 Å². The second kappa shape index (κ2) is 10.4. The summed E-state index contributed by atoms with van der Waals surface area (Å²) in [5.74, 6) is -1.96. The van der Waals surface area contributed by atoms with Crippen molar-refractivity contribution in [3.63, 3.8) is 0 Å². The van der Waals surface area contributed by atoms with Gasteiger partial charge in [-0.05, 0) is 47.5 Å². The van der Waals surface area contributed by atoms with Crippen LogP contribution in [-0.4, -0.2) is 54.1 Å². The number of amides is 1. The van der Waals surface area contributed by atoms with Crippen molar-refractivity contribution in [2.75, 3.05) is 21.3 Å². The lowest BCUT2D eigenvalue weighted by atomic mass is 9.94. The Labute approximate surface area is 213 Å². The fraction of sp³-hybridized carbons (Fsp3) is 0.179. The van der Waals surface area contributed by atoms with Crippen molar-refractivity contribution in [1.29, 1.82) is 0 Å². The van der Waals surface area contributed by atoms with Gasteiger partial charge in [-0.2, -0.15) is 0 Å². The molecule has 9 nitrogen and oxygen atoms in total. The number of carbonyl (C=O) groups excluding carboxylic acids is 3. The molecule has 37 heavy (non-hydrogen) atoms. The average Bonchev–Trinajstić information content (AvgIpc) is 3.17. The number of aromatic hydroxyl groups is 1. The fourth-order valence-corrected chi connectivity index (χ4v) is 4.28. The summed E-state index contributed by atoms with van der Waals surface area (Å²) in [5.41, 5.74) is 1.46. The molecule has 0 spiro atoms. The van der Waals surface area contributed by atoms with Gasteiger partial charge in [0.05, 0.1) is 44.1 Å². The maximum atomic E-state index is 13.3. The molecule has 2 N–H and O–H groups in total.